The molecular formula is C17H25FN2O5S. The highest BCUT2D eigenvalue weighted by Crippen LogP contribution is 2.21. The predicted octanol–water partition coefficient (Wildman–Crippen LogP) is 2.52. The minimum Gasteiger partial charge on any atom is -0.461 e. The topological polar surface area (TPSA) is 93.7 Å². The molecule has 7 nitrogen and oxygen atoms in total. The third-order valence-electron chi connectivity index (χ3n) is 3.07. The van der Waals surface area contributed by atoms with Crippen molar-refractivity contribution in [3.8, 4) is 0 Å². The molecular weight excluding hydrogens is 363 g/mol. The first-order valence-corrected chi connectivity index (χ1v) is 9.09. The number of rotatable bonds is 9. The van der Waals surface area contributed by atoms with Crippen LogP contribution in [0.2, 0.25) is 0 Å². The van der Waals surface area contributed by atoms with Crippen LogP contribution in [0.4, 0.5) is 9.39 Å². The van der Waals surface area contributed by atoms with Gasteiger partial charge in [0.15, 0.2) is 6.17 Å². The van der Waals surface area contributed by atoms with Gasteiger partial charge in [-0.05, 0) is 39.8 Å². The van der Waals surface area contributed by atoms with Crippen molar-refractivity contribution in [3.63, 3.8) is 0 Å². The van der Waals surface area contributed by atoms with Crippen molar-refractivity contribution in [1.82, 2.24) is 5.32 Å². The maximum absolute atomic E-state index is 14.2. The number of amides is 1. The smallest absolute Gasteiger partial charge is 0.341 e. The molecule has 1 aromatic rings. The first kappa shape index (κ1) is 21.9. The number of hydrogen-bond donors (Lipinski definition) is 2. The van der Waals surface area contributed by atoms with Crippen LogP contribution < -0.4 is 10.6 Å². The number of anilines is 1. The number of ether oxygens (including phenoxy) is 2. The second-order valence-electron chi connectivity index (χ2n) is 6.11. The molecule has 1 amide bonds. The van der Waals surface area contributed by atoms with E-state index in [1.807, 2.05) is 0 Å². The van der Waals surface area contributed by atoms with E-state index in [1.54, 1.807) is 46.9 Å². The Kier molecular flexibility index (Phi) is 8.50. The number of carbonyl (C=O) groups excluding carboxylic acids is 3. The number of thiophene rings is 1. The van der Waals surface area contributed by atoms with E-state index in [-0.39, 0.29) is 0 Å². The highest BCUT2D eigenvalue weighted by atomic mass is 32.1. The highest BCUT2D eigenvalue weighted by Gasteiger charge is 2.32. The van der Waals surface area contributed by atoms with E-state index in [0.717, 1.165) is 5.00 Å². The second kappa shape index (κ2) is 10.1. The molecule has 0 aliphatic rings. The molecule has 0 aliphatic heterocycles. The SMILES string of the molecule is CNc1ccc(C(=O)N[C@@H](C[C@@H](F)C(=O)OC(C)C)C(=O)OC(C)C)s1. The average molecular weight is 388 g/mol. The zero-order chi connectivity index (χ0) is 19.9. The van der Waals surface area contributed by atoms with Gasteiger partial charge in [0.2, 0.25) is 0 Å². The van der Waals surface area contributed by atoms with Crippen molar-refractivity contribution in [3.05, 3.63) is 17.0 Å². The van der Waals surface area contributed by atoms with Crippen molar-refractivity contribution in [2.45, 2.75) is 58.5 Å². The zero-order valence-corrected chi connectivity index (χ0v) is 16.3. The summed E-state index contributed by atoms with van der Waals surface area (Å²) in [6.07, 6.45) is -3.55. The molecule has 0 radical (unpaired) electrons. The van der Waals surface area contributed by atoms with Crippen LogP contribution in [-0.4, -0.2) is 49.3 Å². The van der Waals surface area contributed by atoms with Crippen molar-refractivity contribution in [1.29, 1.82) is 0 Å². The van der Waals surface area contributed by atoms with Gasteiger partial charge in [-0.2, -0.15) is 0 Å². The van der Waals surface area contributed by atoms with Gasteiger partial charge in [0.05, 0.1) is 22.1 Å². The molecule has 0 spiro atoms. The number of carbonyl (C=O) groups is 3. The summed E-state index contributed by atoms with van der Waals surface area (Å²) in [5.74, 6) is -2.43. The minimum absolute atomic E-state index is 0.344. The maximum Gasteiger partial charge on any atom is 0.341 e. The van der Waals surface area contributed by atoms with Crippen LogP contribution in [0, 0.1) is 0 Å². The Balaban J connectivity index is 2.85. The Hall–Kier alpha value is -2.16. The third kappa shape index (κ3) is 6.99. The van der Waals surface area contributed by atoms with Gasteiger partial charge in [-0.3, -0.25) is 4.79 Å². The standard InChI is InChI=1S/C17H25FN2O5S/c1-9(2)24-16(22)11(18)8-12(17(23)25-10(3)4)20-15(21)13-6-7-14(19-5)26-13/h6-7,9-12,19H,8H2,1-5H3,(H,20,21)/t11-,12+/m1/s1. The van der Waals surface area contributed by atoms with E-state index >= 15 is 0 Å². The van der Waals surface area contributed by atoms with Gasteiger partial charge in [-0.1, -0.05) is 0 Å². The normalized spacial score (nSPS) is 13.2. The Bertz CT molecular complexity index is 632. The molecule has 9 heteroatoms. The molecule has 146 valence electrons. The van der Waals surface area contributed by atoms with Crippen LogP contribution in [0.15, 0.2) is 12.1 Å². The maximum atomic E-state index is 14.2. The summed E-state index contributed by atoms with van der Waals surface area (Å²) in [5.41, 5.74) is 0. The van der Waals surface area contributed by atoms with Gasteiger partial charge in [-0.25, -0.2) is 14.0 Å². The second-order valence-corrected chi connectivity index (χ2v) is 7.20. The molecule has 0 aliphatic carbocycles. The minimum atomic E-state index is -2.06. The molecule has 0 unspecified atom stereocenters. The van der Waals surface area contributed by atoms with Crippen LogP contribution in [0.25, 0.3) is 0 Å². The summed E-state index contributed by atoms with van der Waals surface area (Å²) in [6, 6.07) is 1.98. The quantitative estimate of drug-likeness (QED) is 0.632. The van der Waals surface area contributed by atoms with Gasteiger partial charge in [0, 0.05) is 13.5 Å². The summed E-state index contributed by atoms with van der Waals surface area (Å²) in [6.45, 7) is 6.45. The Morgan fingerprint density at radius 3 is 2.15 bits per heavy atom. The van der Waals surface area contributed by atoms with E-state index in [4.69, 9.17) is 9.47 Å². The number of hydrogen-bond acceptors (Lipinski definition) is 7. The van der Waals surface area contributed by atoms with Crippen molar-refractivity contribution in [2.24, 2.45) is 0 Å². The lowest BCUT2D eigenvalue weighted by Gasteiger charge is -2.20. The van der Waals surface area contributed by atoms with E-state index in [2.05, 4.69) is 10.6 Å². The molecule has 0 bridgehead atoms. The molecule has 1 aromatic heterocycles. The van der Waals surface area contributed by atoms with Crippen LogP contribution in [-0.2, 0) is 19.1 Å². The summed E-state index contributed by atoms with van der Waals surface area (Å²) >= 11 is 1.18. The van der Waals surface area contributed by atoms with Crippen LogP contribution in [0.3, 0.4) is 0 Å². The fourth-order valence-electron chi connectivity index (χ4n) is 1.96. The van der Waals surface area contributed by atoms with Crippen LogP contribution in [0.1, 0.15) is 43.8 Å². The Morgan fingerprint density at radius 2 is 1.65 bits per heavy atom. The molecule has 2 N–H and O–H groups in total. The van der Waals surface area contributed by atoms with Gasteiger partial charge in [0.1, 0.15) is 6.04 Å². The van der Waals surface area contributed by atoms with E-state index in [1.165, 1.54) is 11.3 Å². The summed E-state index contributed by atoms with van der Waals surface area (Å²) < 4.78 is 24.0. The lowest BCUT2D eigenvalue weighted by atomic mass is 10.1. The molecule has 26 heavy (non-hydrogen) atoms. The van der Waals surface area contributed by atoms with Gasteiger partial charge in [-0.15, -0.1) is 11.3 Å². The van der Waals surface area contributed by atoms with E-state index < -0.39 is 48.7 Å². The monoisotopic (exact) mass is 388 g/mol. The number of alkyl halides is 1. The summed E-state index contributed by atoms with van der Waals surface area (Å²) in [4.78, 5) is 36.5. The summed E-state index contributed by atoms with van der Waals surface area (Å²) in [5, 5.41) is 6.10. The van der Waals surface area contributed by atoms with Crippen molar-refractivity contribution < 1.29 is 28.2 Å². The van der Waals surface area contributed by atoms with Gasteiger partial charge in [0.25, 0.3) is 5.91 Å². The molecule has 2 atom stereocenters. The zero-order valence-electron chi connectivity index (χ0n) is 15.5. The molecule has 0 fully saturated rings. The Labute approximate surface area is 156 Å². The van der Waals surface area contributed by atoms with Crippen LogP contribution in [0.5, 0.6) is 0 Å². The molecule has 1 rings (SSSR count). The average Bonchev–Trinajstić information content (AvgIpc) is 3.01. The highest BCUT2D eigenvalue weighted by molar-refractivity contribution is 7.17. The number of nitrogens with one attached hydrogen (secondary N) is 2. The Morgan fingerprint density at radius 1 is 1.08 bits per heavy atom. The van der Waals surface area contributed by atoms with Crippen molar-refractivity contribution in [2.75, 3.05) is 12.4 Å². The number of esters is 2. The lowest BCUT2D eigenvalue weighted by molar-refractivity contribution is -0.155. The van der Waals surface area contributed by atoms with Crippen LogP contribution >= 0.6 is 11.3 Å². The fraction of sp³-hybridized carbons (Fsp3) is 0.588. The lowest BCUT2D eigenvalue weighted by Crippen LogP contribution is -2.45. The van der Waals surface area contributed by atoms with E-state index in [0.29, 0.717) is 4.88 Å². The van der Waals surface area contributed by atoms with Gasteiger partial charge >= 0.3 is 11.9 Å². The fourth-order valence-corrected chi connectivity index (χ4v) is 2.72. The van der Waals surface area contributed by atoms with Crippen molar-refractivity contribution >= 4 is 34.2 Å². The molecule has 0 aromatic carbocycles. The predicted molar refractivity (Wildman–Crippen MR) is 97.1 cm³/mol. The third-order valence-corrected chi connectivity index (χ3v) is 4.17. The molecule has 0 saturated heterocycles. The molecule has 0 saturated carbocycles. The summed E-state index contributed by atoms with van der Waals surface area (Å²) in [7, 11) is 1.71. The first-order valence-electron chi connectivity index (χ1n) is 8.27. The van der Waals surface area contributed by atoms with Gasteiger partial charge < -0.3 is 20.1 Å². The molecule has 1 heterocycles. The van der Waals surface area contributed by atoms with E-state index in [9.17, 15) is 18.8 Å². The largest absolute Gasteiger partial charge is 0.461 e. The first-order chi connectivity index (χ1) is 12.1. The number of halogens is 1.